The molecule has 2 heterocycles. The Morgan fingerprint density at radius 3 is 2.57 bits per heavy atom. The van der Waals surface area contributed by atoms with Gasteiger partial charge in [-0.25, -0.2) is 9.59 Å². The van der Waals surface area contributed by atoms with E-state index in [1.54, 1.807) is 0 Å². The summed E-state index contributed by atoms with van der Waals surface area (Å²) in [7, 11) is 0. The number of hydrogen-bond acceptors (Lipinski definition) is 5. The van der Waals surface area contributed by atoms with Gasteiger partial charge in [-0.1, -0.05) is 44.6 Å². The molecule has 0 aromatic heterocycles. The molecule has 0 aromatic carbocycles. The van der Waals surface area contributed by atoms with Crippen molar-refractivity contribution in [2.45, 2.75) is 97.9 Å². The number of esters is 2. The van der Waals surface area contributed by atoms with Crippen LogP contribution >= 0.6 is 0 Å². The average molecular weight is 481 g/mol. The summed E-state index contributed by atoms with van der Waals surface area (Å²) in [5, 5.41) is 11.6. The van der Waals surface area contributed by atoms with E-state index < -0.39 is 11.7 Å². The number of rotatable bonds is 2. The minimum absolute atomic E-state index is 0.0317. The van der Waals surface area contributed by atoms with Crippen LogP contribution in [0.15, 0.2) is 46.6 Å². The Morgan fingerprint density at radius 1 is 1.11 bits per heavy atom. The fourth-order valence-electron chi connectivity index (χ4n) is 8.29. The Bertz CT molecular complexity index is 1070. The highest BCUT2D eigenvalue weighted by Crippen LogP contribution is 2.68. The smallest absolute Gasteiger partial charge is 0.333 e. The maximum Gasteiger partial charge on any atom is 0.333 e. The van der Waals surface area contributed by atoms with Gasteiger partial charge in [0.15, 0.2) is 0 Å². The molecule has 5 nitrogen and oxygen atoms in total. The first-order chi connectivity index (χ1) is 16.4. The molecule has 3 aliphatic carbocycles. The van der Waals surface area contributed by atoms with Crippen molar-refractivity contribution in [2.24, 2.45) is 28.6 Å². The van der Waals surface area contributed by atoms with E-state index in [1.807, 2.05) is 32.9 Å². The third-order valence-corrected chi connectivity index (χ3v) is 10.5. The molecule has 0 aromatic rings. The lowest BCUT2D eigenvalue weighted by atomic mass is 9.52. The molecule has 7 atom stereocenters. The quantitative estimate of drug-likeness (QED) is 0.521. The van der Waals surface area contributed by atoms with E-state index >= 15 is 0 Å². The Labute approximate surface area is 209 Å². The SMILES string of the molecule is CC1=CCC([C@@H](C)C2CC[C@@]3(C)C4=C(C=C5C=CC(=O)OC(C)(C)[C@@H]5[C@H](O)C4)CC[C@]23C)OC1=O. The van der Waals surface area contributed by atoms with Gasteiger partial charge in [-0.15, -0.1) is 0 Å². The zero-order chi connectivity index (χ0) is 25.3. The van der Waals surface area contributed by atoms with Gasteiger partial charge in [0, 0.05) is 24.0 Å². The van der Waals surface area contributed by atoms with Gasteiger partial charge in [-0.2, -0.15) is 0 Å². The van der Waals surface area contributed by atoms with Crippen molar-refractivity contribution in [1.82, 2.24) is 0 Å². The van der Waals surface area contributed by atoms with Crippen molar-refractivity contribution in [3.63, 3.8) is 0 Å². The van der Waals surface area contributed by atoms with Crippen molar-refractivity contribution < 1.29 is 24.2 Å². The highest BCUT2D eigenvalue weighted by Gasteiger charge is 2.60. The predicted octanol–water partition coefficient (Wildman–Crippen LogP) is 5.60. The number of aliphatic hydroxyl groups is 1. The largest absolute Gasteiger partial charge is 0.458 e. The van der Waals surface area contributed by atoms with Gasteiger partial charge in [-0.3, -0.25) is 0 Å². The fraction of sp³-hybridized carbons (Fsp3) is 0.667. The lowest BCUT2D eigenvalue weighted by Crippen LogP contribution is -2.47. The van der Waals surface area contributed by atoms with Crippen LogP contribution in [0.2, 0.25) is 0 Å². The van der Waals surface area contributed by atoms with Gasteiger partial charge < -0.3 is 14.6 Å². The molecule has 5 aliphatic rings. The number of carbonyl (C=O) groups excluding carboxylic acids is 2. The zero-order valence-corrected chi connectivity index (χ0v) is 22.0. The average Bonchev–Trinajstić information content (AvgIpc) is 2.88. The number of carbonyl (C=O) groups is 2. The van der Waals surface area contributed by atoms with E-state index in [4.69, 9.17) is 9.47 Å². The molecular formula is C30H40O5. The standard InChI is InChI=1S/C30H40O5/c1-17-7-9-24(34-27(17)33)18(2)21-12-14-30(6)22-16-23(31)26-20(8-10-25(32)35-28(26,3)4)15-19(22)11-13-29(21,30)5/h7-8,10,15,18,21,23-24,26,31H,9,11-14,16H2,1-6H3/t18-,21?,23+,24?,26-,29+,30-/m0/s1. The molecule has 35 heavy (non-hydrogen) atoms. The van der Waals surface area contributed by atoms with Crippen LogP contribution in [0.25, 0.3) is 0 Å². The fourth-order valence-corrected chi connectivity index (χ4v) is 8.29. The molecule has 0 bridgehead atoms. The van der Waals surface area contributed by atoms with Crippen molar-refractivity contribution in [1.29, 1.82) is 0 Å². The van der Waals surface area contributed by atoms with Gasteiger partial charge in [0.05, 0.1) is 6.10 Å². The normalized spacial score (nSPS) is 41.3. The second-order valence-electron chi connectivity index (χ2n) is 12.6. The van der Waals surface area contributed by atoms with Crippen molar-refractivity contribution >= 4 is 11.9 Å². The second kappa shape index (κ2) is 8.19. The Morgan fingerprint density at radius 2 is 1.86 bits per heavy atom. The van der Waals surface area contributed by atoms with E-state index in [-0.39, 0.29) is 40.7 Å². The Balaban J connectivity index is 1.50. The van der Waals surface area contributed by atoms with Gasteiger partial charge >= 0.3 is 11.9 Å². The molecule has 2 unspecified atom stereocenters. The number of cyclic esters (lactones) is 2. The van der Waals surface area contributed by atoms with Crippen molar-refractivity contribution in [2.75, 3.05) is 0 Å². The molecule has 0 radical (unpaired) electrons. The van der Waals surface area contributed by atoms with Crippen LogP contribution in [0.3, 0.4) is 0 Å². The number of fused-ring (bicyclic) bond motifs is 3. The number of aliphatic hydroxyl groups excluding tert-OH is 1. The maximum atomic E-state index is 12.3. The molecule has 2 aliphatic heterocycles. The van der Waals surface area contributed by atoms with E-state index in [1.165, 1.54) is 17.2 Å². The Hall–Kier alpha value is -2.14. The summed E-state index contributed by atoms with van der Waals surface area (Å²) in [4.78, 5) is 24.4. The second-order valence-corrected chi connectivity index (χ2v) is 12.6. The first-order valence-electron chi connectivity index (χ1n) is 13.3. The molecule has 190 valence electrons. The summed E-state index contributed by atoms with van der Waals surface area (Å²) in [5.74, 6) is -0.0742. The molecule has 0 amide bonds. The molecule has 5 rings (SSSR count). The summed E-state index contributed by atoms with van der Waals surface area (Å²) in [6, 6.07) is 0. The van der Waals surface area contributed by atoms with Gasteiger partial charge in [0.1, 0.15) is 11.7 Å². The topological polar surface area (TPSA) is 72.8 Å². The van der Waals surface area contributed by atoms with Gasteiger partial charge in [0.25, 0.3) is 0 Å². The summed E-state index contributed by atoms with van der Waals surface area (Å²) in [6.45, 7) is 12.7. The number of hydrogen-bond donors (Lipinski definition) is 1. The third-order valence-electron chi connectivity index (χ3n) is 10.5. The molecular weight excluding hydrogens is 440 g/mol. The van der Waals surface area contributed by atoms with Crippen LogP contribution < -0.4 is 0 Å². The van der Waals surface area contributed by atoms with Crippen LogP contribution in [-0.2, 0) is 19.1 Å². The maximum absolute atomic E-state index is 12.3. The minimum atomic E-state index is -0.784. The first kappa shape index (κ1) is 24.5. The van der Waals surface area contributed by atoms with Crippen molar-refractivity contribution in [3.05, 3.63) is 46.6 Å². The van der Waals surface area contributed by atoms with Crippen LogP contribution in [0.5, 0.6) is 0 Å². The predicted molar refractivity (Wildman–Crippen MR) is 134 cm³/mol. The Kier molecular flexibility index (Phi) is 5.75. The lowest BCUT2D eigenvalue weighted by molar-refractivity contribution is -0.157. The summed E-state index contributed by atoms with van der Waals surface area (Å²) >= 11 is 0. The molecule has 5 heteroatoms. The summed E-state index contributed by atoms with van der Waals surface area (Å²) in [6.07, 6.45) is 12.5. The van der Waals surface area contributed by atoms with E-state index in [0.29, 0.717) is 17.9 Å². The first-order valence-corrected chi connectivity index (χ1v) is 13.3. The van der Waals surface area contributed by atoms with E-state index in [9.17, 15) is 14.7 Å². The molecule has 1 N–H and O–H groups in total. The number of allylic oxidation sites excluding steroid dienone is 3. The molecule has 1 fully saturated rings. The van der Waals surface area contributed by atoms with Crippen LogP contribution in [0.1, 0.15) is 80.1 Å². The van der Waals surface area contributed by atoms with Crippen molar-refractivity contribution in [3.8, 4) is 0 Å². The third kappa shape index (κ3) is 3.68. The van der Waals surface area contributed by atoms with Gasteiger partial charge in [-0.05, 0) is 86.7 Å². The molecule has 0 saturated heterocycles. The molecule has 1 saturated carbocycles. The van der Waals surface area contributed by atoms with Crippen LogP contribution in [0, 0.1) is 28.6 Å². The van der Waals surface area contributed by atoms with E-state index in [2.05, 4.69) is 26.8 Å². The summed E-state index contributed by atoms with van der Waals surface area (Å²) < 4.78 is 11.6. The van der Waals surface area contributed by atoms with E-state index in [0.717, 1.165) is 37.7 Å². The summed E-state index contributed by atoms with van der Waals surface area (Å²) in [5.41, 5.74) is 3.65. The lowest BCUT2D eigenvalue weighted by Gasteiger charge is -2.52. The highest BCUT2D eigenvalue weighted by atomic mass is 16.6. The molecule has 0 spiro atoms. The highest BCUT2D eigenvalue weighted by molar-refractivity contribution is 5.88. The zero-order valence-electron chi connectivity index (χ0n) is 22.0. The van der Waals surface area contributed by atoms with Crippen LogP contribution in [-0.4, -0.2) is 34.9 Å². The van der Waals surface area contributed by atoms with Crippen LogP contribution in [0.4, 0.5) is 0 Å². The monoisotopic (exact) mass is 480 g/mol. The minimum Gasteiger partial charge on any atom is -0.458 e. The number of ether oxygens (including phenoxy) is 2. The van der Waals surface area contributed by atoms with Gasteiger partial charge in [0.2, 0.25) is 0 Å².